The molecule has 1 saturated heterocycles. The molecule has 1 aliphatic rings. The predicted octanol–water partition coefficient (Wildman–Crippen LogP) is 4.28. The average Bonchev–Trinajstić information content (AvgIpc) is 2.70. The Labute approximate surface area is 164 Å². The molecular formula is C23H24N2O3. The summed E-state index contributed by atoms with van der Waals surface area (Å²) in [7, 11) is 0. The third-order valence-corrected chi connectivity index (χ3v) is 5.24. The average molecular weight is 376 g/mol. The number of hydrogen-bond acceptors (Lipinski definition) is 4. The molecule has 0 saturated carbocycles. The molecule has 1 fully saturated rings. The Bertz CT molecular complexity index is 977. The lowest BCUT2D eigenvalue weighted by atomic mass is 10.1. The van der Waals surface area contributed by atoms with Crippen molar-refractivity contribution in [3.63, 3.8) is 0 Å². The quantitative estimate of drug-likeness (QED) is 0.720. The summed E-state index contributed by atoms with van der Waals surface area (Å²) in [4.78, 5) is 17.9. The molecule has 0 atom stereocenters. The summed E-state index contributed by atoms with van der Waals surface area (Å²) in [6, 6.07) is 17.3. The number of rotatable bonds is 5. The standard InChI is InChI=1S/C23H24N2O3/c1-16-14-22(20-4-2-3-5-21(20)24-16)28-19-10-12-25(13-11-19)15-17-6-8-18(9-7-17)23(26)27/h2-9,14,19H,10-13,15H2,1H3,(H,26,27). The van der Waals surface area contributed by atoms with Crippen LogP contribution in [0, 0.1) is 6.92 Å². The third kappa shape index (κ3) is 4.15. The Kier molecular flexibility index (Phi) is 5.26. The molecule has 144 valence electrons. The normalized spacial score (nSPS) is 15.6. The van der Waals surface area contributed by atoms with Crippen molar-refractivity contribution < 1.29 is 14.6 Å². The smallest absolute Gasteiger partial charge is 0.335 e. The van der Waals surface area contributed by atoms with Gasteiger partial charge in [-0.2, -0.15) is 0 Å². The first-order valence-electron chi connectivity index (χ1n) is 9.66. The molecule has 5 heteroatoms. The number of nitrogens with zero attached hydrogens (tertiary/aromatic N) is 2. The maximum atomic E-state index is 11.0. The highest BCUT2D eigenvalue weighted by Crippen LogP contribution is 2.28. The molecule has 0 spiro atoms. The fourth-order valence-corrected chi connectivity index (χ4v) is 3.74. The van der Waals surface area contributed by atoms with Gasteiger partial charge in [-0.3, -0.25) is 9.88 Å². The second-order valence-electron chi connectivity index (χ2n) is 7.37. The first kappa shape index (κ1) is 18.4. The fraction of sp³-hybridized carbons (Fsp3) is 0.304. The SMILES string of the molecule is Cc1cc(OC2CCN(Cc3ccc(C(=O)O)cc3)CC2)c2ccccc2n1. The monoisotopic (exact) mass is 376 g/mol. The molecule has 2 heterocycles. The number of fused-ring (bicyclic) bond motifs is 1. The van der Waals surface area contributed by atoms with Crippen molar-refractivity contribution in [2.24, 2.45) is 0 Å². The van der Waals surface area contributed by atoms with Crippen molar-refractivity contribution in [2.75, 3.05) is 13.1 Å². The van der Waals surface area contributed by atoms with Crippen LogP contribution in [-0.2, 0) is 6.54 Å². The van der Waals surface area contributed by atoms with Crippen molar-refractivity contribution >= 4 is 16.9 Å². The van der Waals surface area contributed by atoms with Crippen molar-refractivity contribution in [2.45, 2.75) is 32.4 Å². The van der Waals surface area contributed by atoms with Crippen LogP contribution in [0.3, 0.4) is 0 Å². The molecule has 5 nitrogen and oxygen atoms in total. The van der Waals surface area contributed by atoms with Crippen LogP contribution in [-0.4, -0.2) is 40.2 Å². The van der Waals surface area contributed by atoms with Crippen molar-refractivity contribution in [3.8, 4) is 5.75 Å². The molecular weight excluding hydrogens is 352 g/mol. The first-order chi connectivity index (χ1) is 13.6. The summed E-state index contributed by atoms with van der Waals surface area (Å²) in [6.07, 6.45) is 2.15. The van der Waals surface area contributed by atoms with Crippen LogP contribution < -0.4 is 4.74 Å². The zero-order chi connectivity index (χ0) is 19.5. The summed E-state index contributed by atoms with van der Waals surface area (Å²) >= 11 is 0. The number of para-hydroxylation sites is 1. The second-order valence-corrected chi connectivity index (χ2v) is 7.37. The van der Waals surface area contributed by atoms with E-state index in [1.54, 1.807) is 12.1 Å². The minimum Gasteiger partial charge on any atom is -0.490 e. The Hall–Kier alpha value is -2.92. The Balaban J connectivity index is 1.36. The molecule has 0 bridgehead atoms. The molecule has 2 aromatic carbocycles. The van der Waals surface area contributed by atoms with Gasteiger partial charge in [0.1, 0.15) is 11.9 Å². The Morgan fingerprint density at radius 1 is 1.14 bits per heavy atom. The van der Waals surface area contributed by atoms with Crippen molar-refractivity contribution in [1.82, 2.24) is 9.88 Å². The van der Waals surface area contributed by atoms with Crippen molar-refractivity contribution in [3.05, 3.63) is 71.4 Å². The predicted molar refractivity (Wildman–Crippen MR) is 109 cm³/mol. The minimum absolute atomic E-state index is 0.204. The number of pyridine rings is 1. The minimum atomic E-state index is -0.886. The zero-order valence-electron chi connectivity index (χ0n) is 16.0. The number of hydrogen-bond donors (Lipinski definition) is 1. The van der Waals surface area contributed by atoms with E-state index < -0.39 is 5.97 Å². The van der Waals surface area contributed by atoms with Gasteiger partial charge in [0.25, 0.3) is 0 Å². The van der Waals surface area contributed by atoms with Gasteiger partial charge in [0.05, 0.1) is 11.1 Å². The number of carboxylic acid groups (broad SMARTS) is 1. The number of ether oxygens (including phenoxy) is 1. The highest BCUT2D eigenvalue weighted by atomic mass is 16.5. The number of aromatic carboxylic acids is 1. The Morgan fingerprint density at radius 2 is 1.86 bits per heavy atom. The van der Waals surface area contributed by atoms with Crippen LogP contribution in [0.4, 0.5) is 0 Å². The van der Waals surface area contributed by atoms with Gasteiger partial charge in [-0.15, -0.1) is 0 Å². The molecule has 1 aliphatic heterocycles. The largest absolute Gasteiger partial charge is 0.490 e. The number of likely N-dealkylation sites (tertiary alicyclic amines) is 1. The number of piperidine rings is 1. The van der Waals surface area contributed by atoms with E-state index in [9.17, 15) is 4.79 Å². The lowest BCUT2D eigenvalue weighted by Gasteiger charge is -2.32. The number of aromatic nitrogens is 1. The van der Waals surface area contributed by atoms with E-state index in [1.165, 1.54) is 0 Å². The van der Waals surface area contributed by atoms with E-state index in [0.29, 0.717) is 5.56 Å². The molecule has 0 unspecified atom stereocenters. The molecule has 0 aliphatic carbocycles. The first-order valence-corrected chi connectivity index (χ1v) is 9.66. The van der Waals surface area contributed by atoms with Crippen LogP contribution in [0.5, 0.6) is 5.75 Å². The lowest BCUT2D eigenvalue weighted by molar-refractivity contribution is 0.0696. The van der Waals surface area contributed by atoms with E-state index >= 15 is 0 Å². The molecule has 3 aromatic rings. The van der Waals surface area contributed by atoms with Gasteiger partial charge < -0.3 is 9.84 Å². The maximum absolute atomic E-state index is 11.0. The summed E-state index contributed by atoms with van der Waals surface area (Å²) < 4.78 is 6.36. The summed E-state index contributed by atoms with van der Waals surface area (Å²) in [5.74, 6) is 0.0363. The van der Waals surface area contributed by atoms with Gasteiger partial charge >= 0.3 is 5.97 Å². The second kappa shape index (κ2) is 7.98. The molecule has 0 amide bonds. The van der Waals surface area contributed by atoms with Gasteiger partial charge in [0.2, 0.25) is 0 Å². The molecule has 0 radical (unpaired) electrons. The van der Waals surface area contributed by atoms with Crippen LogP contribution >= 0.6 is 0 Å². The van der Waals surface area contributed by atoms with Gasteiger partial charge in [0.15, 0.2) is 0 Å². The molecule has 1 N–H and O–H groups in total. The lowest BCUT2D eigenvalue weighted by Crippen LogP contribution is -2.37. The van der Waals surface area contributed by atoms with Crippen LogP contribution in [0.1, 0.15) is 34.5 Å². The van der Waals surface area contributed by atoms with Crippen LogP contribution in [0.25, 0.3) is 10.9 Å². The van der Waals surface area contributed by atoms with Gasteiger partial charge in [0, 0.05) is 36.8 Å². The number of aryl methyl sites for hydroxylation is 1. The molecule has 28 heavy (non-hydrogen) atoms. The molecule has 4 rings (SSSR count). The number of benzene rings is 2. The third-order valence-electron chi connectivity index (χ3n) is 5.24. The van der Waals surface area contributed by atoms with Gasteiger partial charge in [-0.05, 0) is 49.6 Å². The maximum Gasteiger partial charge on any atom is 0.335 e. The number of carbonyl (C=O) groups is 1. The fourth-order valence-electron chi connectivity index (χ4n) is 3.74. The highest BCUT2D eigenvalue weighted by Gasteiger charge is 2.21. The Morgan fingerprint density at radius 3 is 2.57 bits per heavy atom. The van der Waals surface area contributed by atoms with Gasteiger partial charge in [-0.25, -0.2) is 4.79 Å². The van der Waals surface area contributed by atoms with Gasteiger partial charge in [-0.1, -0.05) is 24.3 Å². The number of carboxylic acids is 1. The van der Waals surface area contributed by atoms with E-state index in [2.05, 4.69) is 16.0 Å². The van der Waals surface area contributed by atoms with E-state index in [1.807, 2.05) is 43.3 Å². The summed E-state index contributed by atoms with van der Waals surface area (Å²) in [5.41, 5.74) is 3.41. The zero-order valence-corrected chi connectivity index (χ0v) is 16.0. The summed E-state index contributed by atoms with van der Waals surface area (Å²) in [6.45, 7) is 4.77. The van der Waals surface area contributed by atoms with Crippen molar-refractivity contribution in [1.29, 1.82) is 0 Å². The van der Waals surface area contributed by atoms with E-state index in [-0.39, 0.29) is 6.10 Å². The summed E-state index contributed by atoms with van der Waals surface area (Å²) in [5, 5.41) is 10.1. The highest BCUT2D eigenvalue weighted by molar-refractivity contribution is 5.87. The van der Waals surface area contributed by atoms with Crippen LogP contribution in [0.2, 0.25) is 0 Å². The van der Waals surface area contributed by atoms with E-state index in [4.69, 9.17) is 9.84 Å². The topological polar surface area (TPSA) is 62.7 Å². The van der Waals surface area contributed by atoms with Crippen LogP contribution in [0.15, 0.2) is 54.6 Å². The molecule has 1 aromatic heterocycles. The van der Waals surface area contributed by atoms with E-state index in [0.717, 1.165) is 60.4 Å².